The predicted molar refractivity (Wildman–Crippen MR) is 73.4 cm³/mol. The van der Waals surface area contributed by atoms with Gasteiger partial charge in [-0.25, -0.2) is 0 Å². The van der Waals surface area contributed by atoms with Gasteiger partial charge in [-0.05, 0) is 43.7 Å². The van der Waals surface area contributed by atoms with Crippen LogP contribution < -0.4 is 5.73 Å². The SMILES string of the molecule is Cc1ccsc1C(OC1CCCCC1)C(C)N. The number of rotatable bonds is 4. The molecule has 17 heavy (non-hydrogen) atoms. The maximum absolute atomic E-state index is 6.26. The molecule has 1 aromatic heterocycles. The van der Waals surface area contributed by atoms with E-state index in [1.54, 1.807) is 11.3 Å². The third-order valence-corrected chi connectivity index (χ3v) is 4.61. The van der Waals surface area contributed by atoms with Crippen molar-refractivity contribution in [3.63, 3.8) is 0 Å². The Labute approximate surface area is 108 Å². The molecule has 3 heteroatoms. The molecule has 1 aliphatic carbocycles. The van der Waals surface area contributed by atoms with Crippen LogP contribution in [0.5, 0.6) is 0 Å². The fourth-order valence-electron chi connectivity index (χ4n) is 2.51. The van der Waals surface area contributed by atoms with Gasteiger partial charge in [-0.3, -0.25) is 0 Å². The average Bonchev–Trinajstić information content (AvgIpc) is 2.73. The van der Waals surface area contributed by atoms with Crippen molar-refractivity contribution in [3.05, 3.63) is 21.9 Å². The van der Waals surface area contributed by atoms with E-state index in [4.69, 9.17) is 10.5 Å². The molecule has 1 aromatic rings. The van der Waals surface area contributed by atoms with Crippen molar-refractivity contribution >= 4 is 11.3 Å². The highest BCUT2D eigenvalue weighted by molar-refractivity contribution is 7.10. The molecule has 96 valence electrons. The summed E-state index contributed by atoms with van der Waals surface area (Å²) in [5, 5.41) is 2.13. The van der Waals surface area contributed by atoms with Gasteiger partial charge in [0.15, 0.2) is 0 Å². The first-order chi connectivity index (χ1) is 8.18. The van der Waals surface area contributed by atoms with Gasteiger partial charge in [0, 0.05) is 10.9 Å². The van der Waals surface area contributed by atoms with E-state index in [1.807, 2.05) is 6.92 Å². The molecule has 1 heterocycles. The first-order valence-corrected chi connectivity index (χ1v) is 7.51. The van der Waals surface area contributed by atoms with Gasteiger partial charge in [0.2, 0.25) is 0 Å². The van der Waals surface area contributed by atoms with E-state index < -0.39 is 0 Å². The molecular weight excluding hydrogens is 230 g/mol. The Morgan fingerprint density at radius 1 is 1.35 bits per heavy atom. The molecule has 1 fully saturated rings. The summed E-state index contributed by atoms with van der Waals surface area (Å²) in [6, 6.07) is 2.22. The monoisotopic (exact) mass is 253 g/mol. The lowest BCUT2D eigenvalue weighted by Gasteiger charge is -2.29. The quantitative estimate of drug-likeness (QED) is 0.886. The maximum atomic E-state index is 6.26. The minimum absolute atomic E-state index is 0.0641. The summed E-state index contributed by atoms with van der Waals surface area (Å²) in [5.41, 5.74) is 7.41. The van der Waals surface area contributed by atoms with Gasteiger partial charge in [0.25, 0.3) is 0 Å². The number of ether oxygens (including phenoxy) is 1. The van der Waals surface area contributed by atoms with Gasteiger partial charge in [0.05, 0.1) is 6.10 Å². The lowest BCUT2D eigenvalue weighted by atomic mass is 9.97. The molecular formula is C14H23NOS. The fraction of sp³-hybridized carbons (Fsp3) is 0.714. The Balaban J connectivity index is 2.05. The zero-order chi connectivity index (χ0) is 12.3. The van der Waals surface area contributed by atoms with E-state index in [9.17, 15) is 0 Å². The molecule has 2 rings (SSSR count). The molecule has 0 saturated heterocycles. The molecule has 2 unspecified atom stereocenters. The number of aryl methyl sites for hydroxylation is 1. The van der Waals surface area contributed by atoms with E-state index in [0.29, 0.717) is 6.10 Å². The lowest BCUT2D eigenvalue weighted by Crippen LogP contribution is -2.31. The van der Waals surface area contributed by atoms with Crippen molar-refractivity contribution in [2.45, 2.75) is 64.2 Å². The van der Waals surface area contributed by atoms with Crippen molar-refractivity contribution < 1.29 is 4.74 Å². The Kier molecular flexibility index (Phi) is 4.60. The van der Waals surface area contributed by atoms with Crippen LogP contribution in [0.3, 0.4) is 0 Å². The van der Waals surface area contributed by atoms with Gasteiger partial charge in [-0.1, -0.05) is 19.3 Å². The fourth-order valence-corrected chi connectivity index (χ4v) is 3.59. The highest BCUT2D eigenvalue weighted by atomic mass is 32.1. The van der Waals surface area contributed by atoms with Gasteiger partial charge in [0.1, 0.15) is 6.10 Å². The van der Waals surface area contributed by atoms with Crippen LogP contribution in [0.2, 0.25) is 0 Å². The van der Waals surface area contributed by atoms with Gasteiger partial charge >= 0.3 is 0 Å². The van der Waals surface area contributed by atoms with Crippen LogP contribution in [0, 0.1) is 6.92 Å². The summed E-state index contributed by atoms with van der Waals surface area (Å²) in [6.07, 6.45) is 6.88. The predicted octanol–water partition coefficient (Wildman–Crippen LogP) is 3.79. The second-order valence-electron chi connectivity index (χ2n) is 5.14. The topological polar surface area (TPSA) is 35.2 Å². The first-order valence-electron chi connectivity index (χ1n) is 6.63. The second kappa shape index (κ2) is 5.98. The van der Waals surface area contributed by atoms with E-state index in [2.05, 4.69) is 18.4 Å². The summed E-state index contributed by atoms with van der Waals surface area (Å²) >= 11 is 1.77. The van der Waals surface area contributed by atoms with Crippen molar-refractivity contribution in [2.75, 3.05) is 0 Å². The summed E-state index contributed by atoms with van der Waals surface area (Å²) in [4.78, 5) is 1.31. The Bertz CT molecular complexity index is 342. The first kappa shape index (κ1) is 13.1. The smallest absolute Gasteiger partial charge is 0.107 e. The van der Waals surface area contributed by atoms with Crippen LogP contribution in [0.4, 0.5) is 0 Å². The van der Waals surface area contributed by atoms with Gasteiger partial charge in [-0.15, -0.1) is 11.3 Å². The number of hydrogen-bond donors (Lipinski definition) is 1. The third kappa shape index (κ3) is 3.30. The second-order valence-corrected chi connectivity index (χ2v) is 6.09. The van der Waals surface area contributed by atoms with E-state index in [0.717, 1.165) is 0 Å². The van der Waals surface area contributed by atoms with Crippen LogP contribution in [-0.2, 0) is 4.74 Å². The highest BCUT2D eigenvalue weighted by Gasteiger charge is 2.25. The molecule has 1 saturated carbocycles. The molecule has 0 radical (unpaired) electrons. The van der Waals surface area contributed by atoms with Crippen molar-refractivity contribution in [3.8, 4) is 0 Å². The van der Waals surface area contributed by atoms with Crippen LogP contribution in [-0.4, -0.2) is 12.1 Å². The Hall–Kier alpha value is -0.380. The molecule has 1 aliphatic rings. The van der Waals surface area contributed by atoms with Crippen molar-refractivity contribution in [1.82, 2.24) is 0 Å². The molecule has 0 spiro atoms. The summed E-state index contributed by atoms with van der Waals surface area (Å²) in [7, 11) is 0. The molecule has 0 aliphatic heterocycles. The number of thiophene rings is 1. The molecule has 2 atom stereocenters. The van der Waals surface area contributed by atoms with Crippen LogP contribution in [0.25, 0.3) is 0 Å². The molecule has 0 amide bonds. The summed E-state index contributed by atoms with van der Waals surface area (Å²) in [5.74, 6) is 0. The maximum Gasteiger partial charge on any atom is 0.107 e. The highest BCUT2D eigenvalue weighted by Crippen LogP contribution is 2.32. The van der Waals surface area contributed by atoms with Crippen molar-refractivity contribution in [2.24, 2.45) is 5.73 Å². The zero-order valence-corrected chi connectivity index (χ0v) is 11.6. The Morgan fingerprint density at radius 3 is 2.59 bits per heavy atom. The van der Waals surface area contributed by atoms with E-state index in [1.165, 1.54) is 42.5 Å². The molecule has 0 aromatic carbocycles. The van der Waals surface area contributed by atoms with E-state index in [-0.39, 0.29) is 12.1 Å². The minimum atomic E-state index is 0.0641. The van der Waals surface area contributed by atoms with Crippen LogP contribution in [0.1, 0.15) is 55.6 Å². The summed E-state index contributed by atoms with van der Waals surface area (Å²) in [6.45, 7) is 4.19. The van der Waals surface area contributed by atoms with E-state index >= 15 is 0 Å². The number of nitrogens with two attached hydrogens (primary N) is 1. The molecule has 0 bridgehead atoms. The normalized spacial score (nSPS) is 21.4. The number of hydrogen-bond acceptors (Lipinski definition) is 3. The van der Waals surface area contributed by atoms with Crippen LogP contribution >= 0.6 is 11.3 Å². The largest absolute Gasteiger partial charge is 0.368 e. The average molecular weight is 253 g/mol. The van der Waals surface area contributed by atoms with Crippen LogP contribution in [0.15, 0.2) is 11.4 Å². The molecule has 2 N–H and O–H groups in total. The van der Waals surface area contributed by atoms with Crippen molar-refractivity contribution in [1.29, 1.82) is 0 Å². The minimum Gasteiger partial charge on any atom is -0.368 e. The summed E-state index contributed by atoms with van der Waals surface area (Å²) < 4.78 is 6.26. The standard InChI is InChI=1S/C14H23NOS/c1-10-8-9-17-14(10)13(11(2)15)16-12-6-4-3-5-7-12/h8-9,11-13H,3-7,15H2,1-2H3. The zero-order valence-electron chi connectivity index (χ0n) is 10.8. The molecule has 2 nitrogen and oxygen atoms in total. The van der Waals surface area contributed by atoms with Gasteiger partial charge < -0.3 is 10.5 Å². The third-order valence-electron chi connectivity index (χ3n) is 3.53. The van der Waals surface area contributed by atoms with Gasteiger partial charge in [-0.2, -0.15) is 0 Å². The Morgan fingerprint density at radius 2 is 2.06 bits per heavy atom. The lowest BCUT2D eigenvalue weighted by molar-refractivity contribution is -0.0392.